The molecule has 3 amide bonds. The van der Waals surface area contributed by atoms with Crippen LogP contribution < -0.4 is 20.9 Å². The van der Waals surface area contributed by atoms with Gasteiger partial charge in [-0.1, -0.05) is 32.0 Å². The van der Waals surface area contributed by atoms with Gasteiger partial charge in [-0.2, -0.15) is 23.1 Å². The average Bonchev–Trinajstić information content (AvgIpc) is 1.60. The van der Waals surface area contributed by atoms with Gasteiger partial charge in [0.2, 0.25) is 5.60 Å². The lowest BCUT2D eigenvalue weighted by Gasteiger charge is -2.41. The van der Waals surface area contributed by atoms with Crippen molar-refractivity contribution >= 4 is 69.1 Å². The van der Waals surface area contributed by atoms with Crippen molar-refractivity contribution in [1.29, 1.82) is 0 Å². The standard InChI is InChI=1S/C58H62ClF4N11O10/c1-9-34-35-21-33(75)13-14-41(35)65-47-37(34)25-74-42(47)23-39-38(52(74)77)28-81-53(78)57(39,10-2)84-56(80)71(8)17-16-70(7)55(79)83-26-30(4)51(76)72-18-19-73(31(5)24-72)50-36-22-40(59)44(49-45(58(61,62)63)29(3)20-43(64)66-49)46(60)48(36)67-54(68-50)82-27-32-12-11-15-69(32)6/h13-14,20-23,31-32,75H,4,9-12,15-19,24-28H2,1-3,5-8H3,(H2,64,66). The highest BCUT2D eigenvalue weighted by Gasteiger charge is 2.51. The molecule has 4 aliphatic rings. The van der Waals surface area contributed by atoms with Crippen LogP contribution in [0.25, 0.3) is 44.5 Å². The summed E-state index contributed by atoms with van der Waals surface area (Å²) in [4.78, 5) is 94.6. The molecule has 0 aliphatic carbocycles. The van der Waals surface area contributed by atoms with Gasteiger partial charge in [-0.25, -0.2) is 28.7 Å². The molecular weight excluding hydrogens is 1120 g/mol. The molecule has 4 aromatic heterocycles. The van der Waals surface area contributed by atoms with Gasteiger partial charge in [0.25, 0.3) is 11.5 Å². The fraction of sp³-hybridized carbons (Fsp3) is 0.431. The van der Waals surface area contributed by atoms with Crippen molar-refractivity contribution in [3.63, 3.8) is 0 Å². The number of likely N-dealkylation sites (tertiary alicyclic amines) is 1. The van der Waals surface area contributed by atoms with Crippen LogP contribution in [-0.2, 0) is 55.1 Å². The minimum atomic E-state index is -4.95. The second-order valence-corrected chi connectivity index (χ2v) is 22.1. The number of esters is 1. The molecule has 0 saturated carbocycles. The number of benzene rings is 2. The number of hydrogen-bond acceptors (Lipinski definition) is 17. The van der Waals surface area contributed by atoms with Crippen LogP contribution in [0.5, 0.6) is 11.8 Å². The van der Waals surface area contributed by atoms with Gasteiger partial charge >= 0.3 is 30.3 Å². The van der Waals surface area contributed by atoms with Crippen LogP contribution in [0.3, 0.4) is 0 Å². The lowest BCUT2D eigenvalue weighted by Crippen LogP contribution is -2.54. The van der Waals surface area contributed by atoms with Gasteiger partial charge in [0.1, 0.15) is 42.7 Å². The van der Waals surface area contributed by atoms with E-state index >= 15 is 4.39 Å². The monoisotopic (exact) mass is 1180 g/mol. The molecule has 4 aliphatic heterocycles. The first kappa shape index (κ1) is 58.9. The molecule has 0 bridgehead atoms. The van der Waals surface area contributed by atoms with E-state index in [9.17, 15) is 42.3 Å². The number of aromatic hydroxyl groups is 1. The van der Waals surface area contributed by atoms with Crippen molar-refractivity contribution in [1.82, 2.24) is 44.1 Å². The minimum absolute atomic E-state index is 0.00320. The van der Waals surface area contributed by atoms with Gasteiger partial charge in [0.05, 0.1) is 50.9 Å². The number of nitrogens with zero attached hydrogens (tertiary/aromatic N) is 10. The molecule has 21 nitrogen and oxygen atoms in total. The fourth-order valence-corrected chi connectivity index (χ4v) is 12.0. The Morgan fingerprint density at radius 1 is 0.976 bits per heavy atom. The zero-order valence-electron chi connectivity index (χ0n) is 47.3. The molecular formula is C58H62ClF4N11O10. The number of halogens is 5. The van der Waals surface area contributed by atoms with Gasteiger partial charge in [-0.15, -0.1) is 0 Å². The first-order valence-electron chi connectivity index (χ1n) is 27.4. The van der Waals surface area contributed by atoms with E-state index in [4.69, 9.17) is 46.3 Å². The van der Waals surface area contributed by atoms with Crippen LogP contribution in [-0.4, -0.2) is 159 Å². The summed E-state index contributed by atoms with van der Waals surface area (Å²) in [5.74, 6) is -2.63. The molecule has 26 heteroatoms. The number of phenolic OH excluding ortho intramolecular Hbond substituents is 1. The van der Waals surface area contributed by atoms with Crippen LogP contribution in [0.2, 0.25) is 5.02 Å². The number of rotatable bonds is 14. The first-order valence-corrected chi connectivity index (χ1v) is 27.8. The molecule has 8 heterocycles. The van der Waals surface area contributed by atoms with Gasteiger partial charge in [-0.05, 0) is 101 Å². The van der Waals surface area contributed by atoms with Crippen LogP contribution in [0.15, 0.2) is 53.3 Å². The molecule has 84 heavy (non-hydrogen) atoms. The molecule has 2 saturated heterocycles. The Hall–Kier alpha value is -8.32. The Kier molecular flexibility index (Phi) is 15.9. The van der Waals surface area contributed by atoms with E-state index in [-0.39, 0.29) is 122 Å². The number of aromatic nitrogens is 5. The van der Waals surface area contributed by atoms with E-state index in [1.54, 1.807) is 41.5 Å². The average molecular weight is 1180 g/mol. The van der Waals surface area contributed by atoms with E-state index < -0.39 is 81.7 Å². The molecule has 444 valence electrons. The molecule has 3 unspecified atom stereocenters. The molecule has 6 aromatic rings. The first-order chi connectivity index (χ1) is 39.8. The number of nitrogen functional groups attached to an aromatic ring is 1. The number of cyclic esters (lactones) is 1. The number of nitrogens with two attached hydrogens (primary N) is 1. The number of hydrogen-bond donors (Lipinski definition) is 2. The van der Waals surface area contributed by atoms with Crippen molar-refractivity contribution in [2.24, 2.45) is 0 Å². The van der Waals surface area contributed by atoms with E-state index in [0.717, 1.165) is 46.9 Å². The number of likely N-dealkylation sites (N-methyl/N-ethyl adjacent to an activating group) is 3. The highest BCUT2D eigenvalue weighted by Crippen LogP contribution is 2.46. The summed E-state index contributed by atoms with van der Waals surface area (Å²) in [7, 11) is 4.77. The third-order valence-corrected chi connectivity index (χ3v) is 16.6. The molecule has 2 fully saturated rings. The number of carbonyl (C=O) groups is 4. The Bertz CT molecular complexity index is 3790. The minimum Gasteiger partial charge on any atom is -0.508 e. The summed E-state index contributed by atoms with van der Waals surface area (Å²) in [6.07, 6.45) is -4.49. The SMILES string of the molecule is C=C(COC(=O)N(C)CCN(C)C(=O)OC1(CC)C(=O)OCc2c1cc1n(c2=O)Cc2c-1nc1ccc(O)cc1c2CC)C(=O)N1CCN(c2nc(OCC3CCCN3C)nc3c(F)c(-c4nc(N)cc(C)c4C(F)(F)F)c(Cl)cc23)C(C)C1. The summed E-state index contributed by atoms with van der Waals surface area (Å²) in [6, 6.07) is 8.10. The van der Waals surface area contributed by atoms with Crippen LogP contribution in [0, 0.1) is 12.7 Å². The third kappa shape index (κ3) is 10.6. The number of alkyl halides is 3. The second-order valence-electron chi connectivity index (χ2n) is 21.7. The maximum Gasteiger partial charge on any atom is 0.418 e. The van der Waals surface area contributed by atoms with E-state index in [0.29, 0.717) is 23.3 Å². The van der Waals surface area contributed by atoms with Gasteiger partial charge in [-0.3, -0.25) is 9.59 Å². The van der Waals surface area contributed by atoms with Gasteiger partial charge in [0, 0.05) is 86.4 Å². The highest BCUT2D eigenvalue weighted by atomic mass is 35.5. The number of fused-ring (bicyclic) bond motifs is 6. The number of amides is 3. The Morgan fingerprint density at radius 3 is 2.39 bits per heavy atom. The molecule has 0 spiro atoms. The Morgan fingerprint density at radius 2 is 1.71 bits per heavy atom. The molecule has 3 N–H and O–H groups in total. The second kappa shape index (κ2) is 22.7. The zero-order chi connectivity index (χ0) is 60.4. The van der Waals surface area contributed by atoms with E-state index in [1.807, 2.05) is 14.0 Å². The summed E-state index contributed by atoms with van der Waals surface area (Å²) in [5, 5.41) is 10.7. The summed E-state index contributed by atoms with van der Waals surface area (Å²) in [5.41, 5.74) is 3.72. The maximum absolute atomic E-state index is 17.0. The largest absolute Gasteiger partial charge is 0.508 e. The molecule has 0 radical (unpaired) electrons. The summed E-state index contributed by atoms with van der Waals surface area (Å²) < 4.78 is 85.3. The smallest absolute Gasteiger partial charge is 0.418 e. The van der Waals surface area contributed by atoms with Crippen molar-refractivity contribution in [2.75, 3.05) is 84.3 Å². The Balaban J connectivity index is 0.787. The fourth-order valence-electron chi connectivity index (χ4n) is 11.7. The van der Waals surface area contributed by atoms with Crippen molar-refractivity contribution in [3.8, 4) is 34.4 Å². The van der Waals surface area contributed by atoms with Crippen LogP contribution in [0.4, 0.5) is 38.8 Å². The lowest BCUT2D eigenvalue weighted by molar-refractivity contribution is -0.173. The number of anilines is 2. The number of aryl methyl sites for hydroxylation is 2. The van der Waals surface area contributed by atoms with Crippen LogP contribution >= 0.6 is 11.6 Å². The van der Waals surface area contributed by atoms with Gasteiger partial charge < -0.3 is 58.9 Å². The molecule has 2 aromatic carbocycles. The number of phenols is 1. The van der Waals surface area contributed by atoms with E-state index in [1.165, 1.54) is 43.0 Å². The molecule has 3 atom stereocenters. The van der Waals surface area contributed by atoms with Crippen molar-refractivity contribution < 1.29 is 60.8 Å². The molecule has 10 rings (SSSR count). The summed E-state index contributed by atoms with van der Waals surface area (Å²) in [6.45, 7) is 10.9. The van der Waals surface area contributed by atoms with Crippen molar-refractivity contribution in [3.05, 3.63) is 103 Å². The van der Waals surface area contributed by atoms with E-state index in [2.05, 4.69) is 21.4 Å². The lowest BCUT2D eigenvalue weighted by atomic mass is 9.85. The van der Waals surface area contributed by atoms with Crippen LogP contribution in [0.1, 0.15) is 73.4 Å². The normalized spacial score (nSPS) is 18.5. The third-order valence-electron chi connectivity index (χ3n) is 16.3. The maximum atomic E-state index is 17.0. The predicted octanol–water partition coefficient (Wildman–Crippen LogP) is 7.97. The number of piperazine rings is 1. The van der Waals surface area contributed by atoms with Crippen molar-refractivity contribution in [2.45, 2.75) is 90.4 Å². The zero-order valence-corrected chi connectivity index (χ0v) is 48.0. The number of ether oxygens (including phenoxy) is 4. The highest BCUT2D eigenvalue weighted by molar-refractivity contribution is 6.34. The topological polar surface area (TPSA) is 241 Å². The Labute approximate surface area is 484 Å². The van der Waals surface area contributed by atoms with Gasteiger partial charge in [0.15, 0.2) is 5.82 Å². The number of pyridine rings is 3. The summed E-state index contributed by atoms with van der Waals surface area (Å²) >= 11 is 6.69. The number of carbonyl (C=O) groups excluding carboxylic acids is 4. The quantitative estimate of drug-likeness (QED) is 0.0454. The predicted molar refractivity (Wildman–Crippen MR) is 302 cm³/mol.